The van der Waals surface area contributed by atoms with Crippen LogP contribution in [0, 0.1) is 0 Å². The Bertz CT molecular complexity index is 835. The van der Waals surface area contributed by atoms with E-state index in [0.717, 1.165) is 22.8 Å². The first kappa shape index (κ1) is 14.0. The zero-order chi connectivity index (χ0) is 15.6. The Morgan fingerprint density at radius 3 is 1.91 bits per heavy atom. The lowest BCUT2D eigenvalue weighted by atomic mass is 9.85. The van der Waals surface area contributed by atoms with Crippen LogP contribution in [0.1, 0.15) is 22.3 Å². The second kappa shape index (κ2) is 5.90. The van der Waals surface area contributed by atoms with Crippen molar-refractivity contribution in [1.82, 2.24) is 0 Å². The summed E-state index contributed by atoms with van der Waals surface area (Å²) in [5.74, 6) is 0. The molecular formula is C20H15ClN2. The Hall–Kier alpha value is -2.58. The zero-order valence-corrected chi connectivity index (χ0v) is 13.2. The fraction of sp³-hybridized carbons (Fsp3) is 0.0500. The lowest BCUT2D eigenvalue weighted by Crippen LogP contribution is -2.17. The van der Waals surface area contributed by atoms with Crippen LogP contribution in [0.25, 0.3) is 0 Å². The maximum atomic E-state index is 5.93. The van der Waals surface area contributed by atoms with Crippen LogP contribution < -0.4 is 5.43 Å². The monoisotopic (exact) mass is 318 g/mol. The summed E-state index contributed by atoms with van der Waals surface area (Å²) in [4.78, 5) is 0. The van der Waals surface area contributed by atoms with Crippen LogP contribution in [0.2, 0.25) is 5.02 Å². The molecule has 0 spiro atoms. The third-order valence-electron chi connectivity index (χ3n) is 4.07. The van der Waals surface area contributed by atoms with E-state index in [2.05, 4.69) is 59.1 Å². The number of benzene rings is 3. The Morgan fingerprint density at radius 2 is 1.30 bits per heavy atom. The van der Waals surface area contributed by atoms with Gasteiger partial charge in [0.2, 0.25) is 0 Å². The van der Waals surface area contributed by atoms with Crippen LogP contribution in [0.15, 0.2) is 77.9 Å². The van der Waals surface area contributed by atoms with E-state index in [1.54, 1.807) is 0 Å². The second-order valence-corrected chi connectivity index (χ2v) is 6.01. The molecule has 1 aliphatic carbocycles. The summed E-state index contributed by atoms with van der Waals surface area (Å²) in [6.45, 7) is 0. The van der Waals surface area contributed by atoms with Crippen molar-refractivity contribution in [3.8, 4) is 0 Å². The molecule has 3 aromatic carbocycles. The minimum Gasteiger partial charge on any atom is -0.278 e. The Morgan fingerprint density at radius 1 is 0.739 bits per heavy atom. The van der Waals surface area contributed by atoms with E-state index >= 15 is 0 Å². The molecule has 0 bridgehead atoms. The Kier molecular flexibility index (Phi) is 3.60. The average Bonchev–Trinajstić information content (AvgIpc) is 2.60. The van der Waals surface area contributed by atoms with Crippen molar-refractivity contribution in [3.05, 3.63) is 100 Å². The number of hydrogen-bond donors (Lipinski definition) is 1. The summed E-state index contributed by atoms with van der Waals surface area (Å²) in [5, 5.41) is 5.41. The van der Waals surface area contributed by atoms with Gasteiger partial charge in [-0.1, -0.05) is 60.1 Å². The van der Waals surface area contributed by atoms with Gasteiger partial charge in [-0.15, -0.1) is 0 Å². The van der Waals surface area contributed by atoms with Crippen LogP contribution in [0.4, 0.5) is 5.69 Å². The molecule has 0 heterocycles. The molecule has 1 aliphatic rings. The lowest BCUT2D eigenvalue weighted by Gasteiger charge is -2.21. The van der Waals surface area contributed by atoms with E-state index in [9.17, 15) is 0 Å². The molecule has 3 aromatic rings. The van der Waals surface area contributed by atoms with Crippen molar-refractivity contribution < 1.29 is 0 Å². The lowest BCUT2D eigenvalue weighted by molar-refractivity contribution is 1.14. The summed E-state index contributed by atoms with van der Waals surface area (Å²) < 4.78 is 0. The molecule has 0 fully saturated rings. The SMILES string of the molecule is Clc1ccc(NN=C2c3ccccc3Cc3ccccc32)cc1. The van der Waals surface area contributed by atoms with Gasteiger partial charge in [-0.25, -0.2) is 0 Å². The Labute approximate surface area is 140 Å². The minimum atomic E-state index is 0.719. The number of hydrogen-bond acceptors (Lipinski definition) is 2. The molecule has 0 unspecified atom stereocenters. The summed E-state index contributed by atoms with van der Waals surface area (Å²) in [6.07, 6.45) is 0.951. The molecule has 4 rings (SSSR count). The highest BCUT2D eigenvalue weighted by molar-refractivity contribution is 6.30. The normalized spacial score (nSPS) is 12.3. The number of nitrogens with zero attached hydrogens (tertiary/aromatic N) is 1. The summed E-state index contributed by atoms with van der Waals surface area (Å²) in [5.41, 5.74) is 10.0. The molecule has 1 N–H and O–H groups in total. The molecule has 23 heavy (non-hydrogen) atoms. The number of nitrogens with one attached hydrogen (secondary N) is 1. The van der Waals surface area contributed by atoms with Crippen molar-refractivity contribution in [3.63, 3.8) is 0 Å². The first-order chi connectivity index (χ1) is 11.3. The highest BCUT2D eigenvalue weighted by Gasteiger charge is 2.20. The van der Waals surface area contributed by atoms with Gasteiger partial charge in [-0.2, -0.15) is 5.10 Å². The fourth-order valence-corrected chi connectivity index (χ4v) is 3.05. The molecule has 112 valence electrons. The van der Waals surface area contributed by atoms with Crippen LogP contribution in [0.3, 0.4) is 0 Å². The highest BCUT2D eigenvalue weighted by atomic mass is 35.5. The van der Waals surface area contributed by atoms with E-state index in [4.69, 9.17) is 11.6 Å². The first-order valence-corrected chi connectivity index (χ1v) is 7.95. The summed E-state index contributed by atoms with van der Waals surface area (Å²) >= 11 is 5.93. The number of fused-ring (bicyclic) bond motifs is 2. The van der Waals surface area contributed by atoms with Crippen LogP contribution in [-0.2, 0) is 6.42 Å². The second-order valence-electron chi connectivity index (χ2n) is 5.57. The van der Waals surface area contributed by atoms with E-state index in [1.165, 1.54) is 22.3 Å². The van der Waals surface area contributed by atoms with E-state index in [-0.39, 0.29) is 0 Å². The van der Waals surface area contributed by atoms with Crippen molar-refractivity contribution in [1.29, 1.82) is 0 Å². The smallest absolute Gasteiger partial charge is 0.0983 e. The standard InChI is InChI=1S/C20H15ClN2/c21-16-9-11-17(12-10-16)22-23-20-18-7-3-1-5-14(18)13-15-6-2-4-8-19(15)20/h1-12,22H,13H2. The number of hydrazone groups is 1. The van der Waals surface area contributed by atoms with Gasteiger partial charge < -0.3 is 0 Å². The van der Waals surface area contributed by atoms with Gasteiger partial charge in [-0.3, -0.25) is 5.43 Å². The third-order valence-corrected chi connectivity index (χ3v) is 4.32. The first-order valence-electron chi connectivity index (χ1n) is 7.57. The minimum absolute atomic E-state index is 0.719. The molecule has 0 saturated heterocycles. The molecule has 0 atom stereocenters. The molecule has 0 aliphatic heterocycles. The van der Waals surface area contributed by atoms with Gasteiger partial charge >= 0.3 is 0 Å². The average molecular weight is 319 g/mol. The maximum absolute atomic E-state index is 5.93. The predicted molar refractivity (Wildman–Crippen MR) is 96.4 cm³/mol. The molecule has 0 amide bonds. The van der Waals surface area contributed by atoms with Crippen molar-refractivity contribution >= 4 is 23.0 Å². The van der Waals surface area contributed by atoms with Crippen molar-refractivity contribution in [2.24, 2.45) is 5.10 Å². The van der Waals surface area contributed by atoms with Gasteiger partial charge in [0.25, 0.3) is 0 Å². The van der Waals surface area contributed by atoms with E-state index < -0.39 is 0 Å². The summed E-state index contributed by atoms with van der Waals surface area (Å²) in [7, 11) is 0. The predicted octanol–water partition coefficient (Wildman–Crippen LogP) is 5.11. The molecular weight excluding hydrogens is 304 g/mol. The Balaban J connectivity index is 1.77. The molecule has 2 nitrogen and oxygen atoms in total. The fourth-order valence-electron chi connectivity index (χ4n) is 2.93. The van der Waals surface area contributed by atoms with Gasteiger partial charge in [-0.05, 0) is 41.8 Å². The third kappa shape index (κ3) is 2.73. The van der Waals surface area contributed by atoms with E-state index in [1.807, 2.05) is 24.3 Å². The summed E-state index contributed by atoms with van der Waals surface area (Å²) in [6, 6.07) is 24.4. The molecule has 0 aromatic heterocycles. The molecule has 0 radical (unpaired) electrons. The van der Waals surface area contributed by atoms with Gasteiger partial charge in [0.1, 0.15) is 0 Å². The van der Waals surface area contributed by atoms with Crippen LogP contribution in [0.5, 0.6) is 0 Å². The number of rotatable bonds is 2. The zero-order valence-electron chi connectivity index (χ0n) is 12.5. The topological polar surface area (TPSA) is 24.4 Å². The van der Waals surface area contributed by atoms with Crippen LogP contribution >= 0.6 is 11.6 Å². The number of anilines is 1. The van der Waals surface area contributed by atoms with Crippen molar-refractivity contribution in [2.75, 3.05) is 5.43 Å². The largest absolute Gasteiger partial charge is 0.278 e. The van der Waals surface area contributed by atoms with Crippen LogP contribution in [-0.4, -0.2) is 5.71 Å². The number of halogens is 1. The van der Waals surface area contributed by atoms with Gasteiger partial charge in [0.15, 0.2) is 0 Å². The van der Waals surface area contributed by atoms with E-state index in [0.29, 0.717) is 0 Å². The van der Waals surface area contributed by atoms with Crippen molar-refractivity contribution in [2.45, 2.75) is 6.42 Å². The maximum Gasteiger partial charge on any atom is 0.0983 e. The highest BCUT2D eigenvalue weighted by Crippen LogP contribution is 2.27. The molecule has 3 heteroatoms. The van der Waals surface area contributed by atoms with Gasteiger partial charge in [0.05, 0.1) is 11.4 Å². The quantitative estimate of drug-likeness (QED) is 0.510. The molecule has 0 saturated carbocycles. The van der Waals surface area contributed by atoms with Gasteiger partial charge in [0, 0.05) is 16.1 Å².